The minimum absolute atomic E-state index is 0.152. The molecule has 9 heteroatoms. The van der Waals surface area contributed by atoms with Crippen molar-refractivity contribution in [1.82, 2.24) is 13.9 Å². The molecule has 0 saturated carbocycles. The van der Waals surface area contributed by atoms with E-state index in [2.05, 4.69) is 11.5 Å². The summed E-state index contributed by atoms with van der Waals surface area (Å²) in [4.78, 5) is 43.8. The number of imidazole rings is 1. The van der Waals surface area contributed by atoms with Crippen LogP contribution >= 0.6 is 23.3 Å². The topological polar surface area (TPSA) is 92.5 Å². The Balaban J connectivity index is 1.73. The van der Waals surface area contributed by atoms with Gasteiger partial charge in [0.1, 0.15) is 5.82 Å². The summed E-state index contributed by atoms with van der Waals surface area (Å²) in [5.41, 5.74) is 3.62. The van der Waals surface area contributed by atoms with Crippen LogP contribution in [0.4, 0.5) is 0 Å². The molecule has 0 saturated heterocycles. The van der Waals surface area contributed by atoms with Crippen LogP contribution in [0.3, 0.4) is 0 Å². The van der Waals surface area contributed by atoms with Crippen molar-refractivity contribution in [1.29, 1.82) is 0 Å². The molecule has 43 heavy (non-hydrogen) atoms. The van der Waals surface area contributed by atoms with E-state index in [0.717, 1.165) is 58.7 Å². The number of hydrogen-bond donors (Lipinski definition) is 1. The van der Waals surface area contributed by atoms with Crippen LogP contribution in [0.5, 0.6) is 0 Å². The molecule has 0 spiro atoms. The van der Waals surface area contributed by atoms with Gasteiger partial charge in [-0.2, -0.15) is 0 Å². The Morgan fingerprint density at radius 2 is 1.79 bits per heavy atom. The summed E-state index contributed by atoms with van der Waals surface area (Å²) < 4.78 is 3.71. The number of carbonyl (C=O) groups is 3. The maximum absolute atomic E-state index is 14.3. The van der Waals surface area contributed by atoms with Crippen LogP contribution in [0.2, 0.25) is 0 Å². The third kappa shape index (κ3) is 9.02. The van der Waals surface area contributed by atoms with Crippen LogP contribution in [0.15, 0.2) is 83.9 Å². The molecule has 4 aromatic rings. The van der Waals surface area contributed by atoms with E-state index in [0.29, 0.717) is 25.0 Å². The van der Waals surface area contributed by atoms with Gasteiger partial charge in [0.2, 0.25) is 5.12 Å². The largest absolute Gasteiger partial charge is 0.478 e. The molecular formula is C34H37N3O4S2. The summed E-state index contributed by atoms with van der Waals surface area (Å²) in [6.07, 6.45) is 7.51. The zero-order valence-corrected chi connectivity index (χ0v) is 26.4. The van der Waals surface area contributed by atoms with Crippen molar-refractivity contribution in [3.8, 4) is 0 Å². The molecule has 1 amide bonds. The van der Waals surface area contributed by atoms with Crippen LogP contribution in [-0.2, 0) is 35.4 Å². The van der Waals surface area contributed by atoms with E-state index in [1.165, 1.54) is 6.92 Å². The molecule has 7 nitrogen and oxygen atoms in total. The predicted molar refractivity (Wildman–Crippen MR) is 174 cm³/mol. The van der Waals surface area contributed by atoms with Crippen molar-refractivity contribution >= 4 is 46.4 Å². The Morgan fingerprint density at radius 3 is 2.42 bits per heavy atom. The monoisotopic (exact) mass is 615 g/mol. The van der Waals surface area contributed by atoms with Crippen molar-refractivity contribution in [3.05, 3.63) is 117 Å². The third-order valence-electron chi connectivity index (χ3n) is 7.01. The Bertz CT molecular complexity index is 1540. The normalized spacial score (nSPS) is 12.2. The molecule has 1 N–H and O–H groups in total. The summed E-state index contributed by atoms with van der Waals surface area (Å²) in [5, 5.41) is 11.2. The van der Waals surface area contributed by atoms with Gasteiger partial charge in [-0.3, -0.25) is 13.9 Å². The van der Waals surface area contributed by atoms with Gasteiger partial charge in [0, 0.05) is 54.8 Å². The van der Waals surface area contributed by atoms with Crippen LogP contribution in [0, 0.1) is 0 Å². The van der Waals surface area contributed by atoms with Crippen molar-refractivity contribution in [2.45, 2.75) is 65.5 Å². The number of amides is 1. The number of rotatable bonds is 13. The predicted octanol–water partition coefficient (Wildman–Crippen LogP) is 7.31. The first-order valence-electron chi connectivity index (χ1n) is 14.4. The maximum atomic E-state index is 14.3. The molecular weight excluding hydrogens is 579 g/mol. The van der Waals surface area contributed by atoms with E-state index in [1.54, 1.807) is 34.0 Å². The first kappa shape index (κ1) is 32.0. The van der Waals surface area contributed by atoms with Crippen LogP contribution in [0.25, 0.3) is 6.08 Å². The Hall–Kier alpha value is -3.95. The highest BCUT2D eigenvalue weighted by molar-refractivity contribution is 8.12. The second kappa shape index (κ2) is 15.5. The van der Waals surface area contributed by atoms with Gasteiger partial charge in [-0.05, 0) is 60.5 Å². The third-order valence-corrected chi connectivity index (χ3v) is 8.86. The smallest absolute Gasteiger partial charge is 0.335 e. The first-order chi connectivity index (χ1) is 20.7. The summed E-state index contributed by atoms with van der Waals surface area (Å²) in [5.74, 6) is -0.260. The molecule has 0 aliphatic heterocycles. The van der Waals surface area contributed by atoms with Crippen LogP contribution < -0.4 is 0 Å². The van der Waals surface area contributed by atoms with E-state index < -0.39 is 5.97 Å². The highest BCUT2D eigenvalue weighted by Gasteiger charge is 2.27. The molecule has 0 radical (unpaired) electrons. The molecule has 2 aromatic heterocycles. The summed E-state index contributed by atoms with van der Waals surface area (Å²) in [6.45, 7) is 6.07. The van der Waals surface area contributed by atoms with Gasteiger partial charge in [-0.1, -0.05) is 61.9 Å². The second-order valence-electron chi connectivity index (χ2n) is 10.5. The average molecular weight is 616 g/mol. The second-order valence-corrected chi connectivity index (χ2v) is 12.7. The number of benzene rings is 2. The van der Waals surface area contributed by atoms with Gasteiger partial charge >= 0.3 is 5.97 Å². The van der Waals surface area contributed by atoms with E-state index in [4.69, 9.17) is 4.98 Å². The highest BCUT2D eigenvalue weighted by atomic mass is 32.2. The zero-order chi connectivity index (χ0) is 30.8. The fourth-order valence-corrected chi connectivity index (χ4v) is 6.27. The lowest BCUT2D eigenvalue weighted by molar-refractivity contribution is -0.124. The summed E-state index contributed by atoms with van der Waals surface area (Å²) >= 11 is 2.54. The van der Waals surface area contributed by atoms with Gasteiger partial charge in [-0.15, -0.1) is 11.3 Å². The number of carbonyl (C=O) groups excluding carboxylic acids is 2. The van der Waals surface area contributed by atoms with E-state index >= 15 is 0 Å². The fourth-order valence-electron chi connectivity index (χ4n) is 4.81. The molecule has 0 aliphatic rings. The molecule has 2 aromatic carbocycles. The lowest BCUT2D eigenvalue weighted by Crippen LogP contribution is -2.36. The number of aromatic nitrogens is 2. The summed E-state index contributed by atoms with van der Waals surface area (Å²) in [6, 6.07) is 20.5. The van der Waals surface area contributed by atoms with Crippen molar-refractivity contribution in [3.63, 3.8) is 0 Å². The van der Waals surface area contributed by atoms with E-state index in [9.17, 15) is 19.5 Å². The summed E-state index contributed by atoms with van der Waals surface area (Å²) in [7, 11) is 0. The molecule has 0 fully saturated rings. The number of aromatic carboxylic acids is 1. The zero-order valence-electron chi connectivity index (χ0n) is 24.7. The molecule has 1 unspecified atom stereocenters. The number of thiophene rings is 1. The first-order valence-corrected chi connectivity index (χ1v) is 16.1. The van der Waals surface area contributed by atoms with Gasteiger partial charge in [0.05, 0.1) is 17.5 Å². The van der Waals surface area contributed by atoms with Gasteiger partial charge in [0.15, 0.2) is 0 Å². The van der Waals surface area contributed by atoms with Crippen molar-refractivity contribution in [2.24, 2.45) is 0 Å². The number of hydrogen-bond acceptors (Lipinski definition) is 6. The Morgan fingerprint density at radius 1 is 1.05 bits per heavy atom. The molecule has 224 valence electrons. The number of carboxylic acid groups (broad SMARTS) is 1. The number of carboxylic acids is 1. The minimum Gasteiger partial charge on any atom is -0.478 e. The van der Waals surface area contributed by atoms with Crippen molar-refractivity contribution < 1.29 is 19.5 Å². The lowest BCUT2D eigenvalue weighted by Gasteiger charge is -2.28. The maximum Gasteiger partial charge on any atom is 0.335 e. The quantitative estimate of drug-likeness (QED) is 0.125. The van der Waals surface area contributed by atoms with Gasteiger partial charge in [-0.25, -0.2) is 9.78 Å². The van der Waals surface area contributed by atoms with E-state index in [1.807, 2.05) is 73.0 Å². The molecule has 4 rings (SSSR count). The Kier molecular flexibility index (Phi) is 11.5. The number of unbranched alkanes of at least 4 members (excludes halogenated alkanes) is 1. The fraction of sp³-hybridized carbons (Fsp3) is 0.294. The highest BCUT2D eigenvalue weighted by Crippen LogP contribution is 2.26. The van der Waals surface area contributed by atoms with Crippen LogP contribution in [-0.4, -0.2) is 42.0 Å². The number of aryl methyl sites for hydroxylation is 1. The van der Waals surface area contributed by atoms with Crippen LogP contribution in [0.1, 0.15) is 71.5 Å². The minimum atomic E-state index is -0.965. The SMILES string of the molecule is CCCCc1ncc(C=C(Cc2cccs2)C(=O)N(SC(C)=O)C(C)Cc2ccccc2)n1Cc1ccc(C(=O)O)cc1. The number of nitrogens with zero attached hydrogens (tertiary/aromatic N) is 3. The molecule has 1 atom stereocenters. The standard InChI is InChI=1S/C34H37N3O4S2/c1-4-5-13-32-35-22-30(36(32)23-27-14-16-28(17-15-27)34(40)41)20-29(21-31-12-9-18-42-31)33(39)37(43-25(3)38)24(2)19-26-10-7-6-8-11-26/h6-12,14-18,20,22,24H,4-5,13,19,21,23H2,1-3H3,(H,40,41). The Labute approximate surface area is 261 Å². The van der Waals surface area contributed by atoms with E-state index in [-0.39, 0.29) is 22.6 Å². The molecule has 0 bridgehead atoms. The molecule has 0 aliphatic carbocycles. The van der Waals surface area contributed by atoms with Crippen molar-refractivity contribution in [2.75, 3.05) is 0 Å². The average Bonchev–Trinajstić information content (AvgIpc) is 3.64. The molecule has 2 heterocycles. The van der Waals surface area contributed by atoms with Gasteiger partial charge < -0.3 is 9.67 Å². The van der Waals surface area contributed by atoms with Gasteiger partial charge in [0.25, 0.3) is 5.91 Å². The lowest BCUT2D eigenvalue weighted by atomic mass is 10.1.